The van der Waals surface area contributed by atoms with Gasteiger partial charge in [0.05, 0.1) is 0 Å². The van der Waals surface area contributed by atoms with Gasteiger partial charge in [-0.15, -0.1) is 0 Å². The maximum absolute atomic E-state index is 12.5. The first-order valence-electron chi connectivity index (χ1n) is 6.97. The Morgan fingerprint density at radius 3 is 3.00 bits per heavy atom. The van der Waals surface area contributed by atoms with Gasteiger partial charge in [-0.3, -0.25) is 9.59 Å². The van der Waals surface area contributed by atoms with Gasteiger partial charge in [0.25, 0.3) is 17.4 Å². The van der Waals surface area contributed by atoms with Gasteiger partial charge in [0.15, 0.2) is 11.6 Å². The summed E-state index contributed by atoms with van der Waals surface area (Å²) in [5, 5.41) is 5.33. The minimum atomic E-state index is -1.64. The van der Waals surface area contributed by atoms with Gasteiger partial charge in [-0.2, -0.15) is 0 Å². The standard InChI is InChI=1S/C16H14BrN3O3/c1-16(14(21)19-9-10-4-2-5-11(17)8-10)15(22)20-13-12(23-16)6-3-7-18-13/h2-8H,9H2,1H3,(H,19,21)(H,18,20,22). The van der Waals surface area contributed by atoms with Crippen molar-refractivity contribution in [1.82, 2.24) is 10.3 Å². The molecule has 1 aliphatic heterocycles. The number of fused-ring (bicyclic) bond motifs is 1. The fraction of sp³-hybridized carbons (Fsp3) is 0.188. The summed E-state index contributed by atoms with van der Waals surface area (Å²) in [7, 11) is 0. The molecule has 2 heterocycles. The first-order chi connectivity index (χ1) is 11.0. The monoisotopic (exact) mass is 375 g/mol. The molecule has 0 saturated carbocycles. The van der Waals surface area contributed by atoms with Gasteiger partial charge < -0.3 is 15.4 Å². The molecule has 0 fully saturated rings. The zero-order valence-corrected chi connectivity index (χ0v) is 13.9. The van der Waals surface area contributed by atoms with E-state index in [9.17, 15) is 9.59 Å². The van der Waals surface area contributed by atoms with Crippen molar-refractivity contribution in [2.24, 2.45) is 0 Å². The van der Waals surface area contributed by atoms with Crippen molar-refractivity contribution >= 4 is 33.6 Å². The van der Waals surface area contributed by atoms with Crippen LogP contribution in [-0.2, 0) is 16.1 Å². The van der Waals surface area contributed by atoms with Gasteiger partial charge in [-0.05, 0) is 36.8 Å². The Morgan fingerprint density at radius 1 is 1.39 bits per heavy atom. The van der Waals surface area contributed by atoms with E-state index >= 15 is 0 Å². The summed E-state index contributed by atoms with van der Waals surface area (Å²) in [6, 6.07) is 10.9. The van der Waals surface area contributed by atoms with Crippen LogP contribution in [0.5, 0.6) is 5.75 Å². The van der Waals surface area contributed by atoms with E-state index in [4.69, 9.17) is 4.74 Å². The topological polar surface area (TPSA) is 80.3 Å². The number of amides is 2. The normalized spacial score (nSPS) is 19.3. The Labute approximate surface area is 141 Å². The lowest BCUT2D eigenvalue weighted by Gasteiger charge is -2.32. The van der Waals surface area contributed by atoms with Crippen LogP contribution >= 0.6 is 15.9 Å². The van der Waals surface area contributed by atoms with Crippen LogP contribution in [-0.4, -0.2) is 22.4 Å². The van der Waals surface area contributed by atoms with Gasteiger partial charge in [0, 0.05) is 17.2 Å². The van der Waals surface area contributed by atoms with Gasteiger partial charge in [-0.1, -0.05) is 28.1 Å². The number of halogens is 1. The average Bonchev–Trinajstić information content (AvgIpc) is 2.53. The molecule has 6 nitrogen and oxygen atoms in total. The zero-order valence-electron chi connectivity index (χ0n) is 12.3. The lowest BCUT2D eigenvalue weighted by Crippen LogP contribution is -2.58. The van der Waals surface area contributed by atoms with Gasteiger partial charge in [0.2, 0.25) is 0 Å². The molecule has 1 aromatic heterocycles. The largest absolute Gasteiger partial charge is 0.464 e. The third kappa shape index (κ3) is 3.05. The molecule has 0 spiro atoms. The van der Waals surface area contributed by atoms with E-state index in [-0.39, 0.29) is 0 Å². The number of ether oxygens (including phenoxy) is 1. The number of hydrogen-bond donors (Lipinski definition) is 2. The molecule has 7 heteroatoms. The Bertz CT molecular complexity index is 781. The van der Waals surface area contributed by atoms with Crippen LogP contribution in [0, 0.1) is 0 Å². The second-order valence-corrected chi connectivity index (χ2v) is 6.17. The Hall–Kier alpha value is -2.41. The van der Waals surface area contributed by atoms with Crippen molar-refractivity contribution in [2.45, 2.75) is 19.1 Å². The van der Waals surface area contributed by atoms with Crippen LogP contribution in [0.1, 0.15) is 12.5 Å². The fourth-order valence-electron chi connectivity index (χ4n) is 2.21. The van der Waals surface area contributed by atoms with E-state index < -0.39 is 17.4 Å². The summed E-state index contributed by atoms with van der Waals surface area (Å²) in [6.45, 7) is 1.74. The molecule has 2 aromatic rings. The Balaban J connectivity index is 1.75. The number of anilines is 1. The van der Waals surface area contributed by atoms with Gasteiger partial charge in [-0.25, -0.2) is 4.98 Å². The molecule has 1 aromatic carbocycles. The number of nitrogens with one attached hydrogen (secondary N) is 2. The molecule has 2 amide bonds. The molecule has 3 rings (SSSR count). The summed E-state index contributed by atoms with van der Waals surface area (Å²) in [5.74, 6) is -0.373. The van der Waals surface area contributed by atoms with E-state index in [0.717, 1.165) is 10.0 Å². The second kappa shape index (κ2) is 6.00. The van der Waals surface area contributed by atoms with E-state index in [0.29, 0.717) is 18.1 Å². The number of carbonyl (C=O) groups is 2. The second-order valence-electron chi connectivity index (χ2n) is 5.25. The summed E-state index contributed by atoms with van der Waals surface area (Å²) < 4.78 is 6.53. The van der Waals surface area contributed by atoms with Crippen LogP contribution in [0.15, 0.2) is 47.1 Å². The number of hydrogen-bond acceptors (Lipinski definition) is 4. The maximum Gasteiger partial charge on any atom is 0.279 e. The Kier molecular flexibility index (Phi) is 4.04. The molecule has 1 unspecified atom stereocenters. The summed E-state index contributed by atoms with van der Waals surface area (Å²) in [4.78, 5) is 28.7. The summed E-state index contributed by atoms with van der Waals surface area (Å²) in [5.41, 5.74) is -0.725. The third-order valence-electron chi connectivity index (χ3n) is 3.53. The first-order valence-corrected chi connectivity index (χ1v) is 7.76. The fourth-order valence-corrected chi connectivity index (χ4v) is 2.65. The lowest BCUT2D eigenvalue weighted by molar-refractivity contribution is -0.146. The molecule has 1 aliphatic rings. The van der Waals surface area contributed by atoms with E-state index in [1.54, 1.807) is 18.3 Å². The Morgan fingerprint density at radius 2 is 2.22 bits per heavy atom. The molecular weight excluding hydrogens is 362 g/mol. The molecule has 2 N–H and O–H groups in total. The quantitative estimate of drug-likeness (QED) is 0.806. The highest BCUT2D eigenvalue weighted by Gasteiger charge is 2.47. The molecule has 0 aliphatic carbocycles. The maximum atomic E-state index is 12.5. The number of aromatic nitrogens is 1. The van der Waals surface area contributed by atoms with Crippen molar-refractivity contribution in [3.8, 4) is 5.75 Å². The summed E-state index contributed by atoms with van der Waals surface area (Å²) in [6.07, 6.45) is 1.54. The van der Waals surface area contributed by atoms with Gasteiger partial charge >= 0.3 is 0 Å². The highest BCUT2D eigenvalue weighted by atomic mass is 79.9. The smallest absolute Gasteiger partial charge is 0.279 e. The lowest BCUT2D eigenvalue weighted by atomic mass is 10.0. The minimum Gasteiger partial charge on any atom is -0.464 e. The highest BCUT2D eigenvalue weighted by molar-refractivity contribution is 9.10. The summed E-state index contributed by atoms with van der Waals surface area (Å²) >= 11 is 3.38. The van der Waals surface area contributed by atoms with Crippen molar-refractivity contribution in [1.29, 1.82) is 0 Å². The molecule has 0 radical (unpaired) electrons. The molecule has 1 atom stereocenters. The molecule has 23 heavy (non-hydrogen) atoms. The predicted molar refractivity (Wildman–Crippen MR) is 87.9 cm³/mol. The van der Waals surface area contributed by atoms with Crippen LogP contribution in [0.3, 0.4) is 0 Å². The number of nitrogens with zero attached hydrogens (tertiary/aromatic N) is 1. The number of carbonyl (C=O) groups excluding carboxylic acids is 2. The van der Waals surface area contributed by atoms with Crippen molar-refractivity contribution in [3.05, 3.63) is 52.6 Å². The third-order valence-corrected chi connectivity index (χ3v) is 4.02. The molecule has 0 bridgehead atoms. The average molecular weight is 376 g/mol. The molecule has 0 saturated heterocycles. The first kappa shape index (κ1) is 15.5. The van der Waals surface area contributed by atoms with E-state index in [2.05, 4.69) is 31.5 Å². The van der Waals surface area contributed by atoms with E-state index in [1.807, 2.05) is 24.3 Å². The van der Waals surface area contributed by atoms with Crippen molar-refractivity contribution in [2.75, 3.05) is 5.32 Å². The van der Waals surface area contributed by atoms with Crippen LogP contribution in [0.2, 0.25) is 0 Å². The van der Waals surface area contributed by atoms with Crippen LogP contribution in [0.25, 0.3) is 0 Å². The number of benzene rings is 1. The zero-order chi connectivity index (χ0) is 16.4. The van der Waals surface area contributed by atoms with E-state index in [1.165, 1.54) is 6.92 Å². The molecule has 118 valence electrons. The van der Waals surface area contributed by atoms with Crippen molar-refractivity contribution < 1.29 is 14.3 Å². The molecular formula is C16H14BrN3O3. The SMILES string of the molecule is CC1(C(=O)NCc2cccc(Br)c2)Oc2cccnc2NC1=O. The van der Waals surface area contributed by atoms with Crippen LogP contribution < -0.4 is 15.4 Å². The predicted octanol–water partition coefficient (Wildman–Crippen LogP) is 2.25. The van der Waals surface area contributed by atoms with Crippen LogP contribution in [0.4, 0.5) is 5.82 Å². The van der Waals surface area contributed by atoms with Gasteiger partial charge in [0.1, 0.15) is 0 Å². The minimum absolute atomic E-state index is 0.296. The number of rotatable bonds is 3. The number of pyridine rings is 1. The highest BCUT2D eigenvalue weighted by Crippen LogP contribution is 2.31. The van der Waals surface area contributed by atoms with Crippen molar-refractivity contribution in [3.63, 3.8) is 0 Å².